The number of hydrogen-bond donors (Lipinski definition) is 2. The van der Waals surface area contributed by atoms with Crippen molar-refractivity contribution in [1.29, 1.82) is 0 Å². The molecule has 0 bridgehead atoms. The van der Waals surface area contributed by atoms with E-state index in [1.807, 2.05) is 0 Å². The van der Waals surface area contributed by atoms with Crippen molar-refractivity contribution in [3.05, 3.63) is 28.7 Å². The average molecular weight is 356 g/mol. The highest BCUT2D eigenvalue weighted by Gasteiger charge is 2.29. The zero-order valence-electron chi connectivity index (χ0n) is 11.0. The van der Waals surface area contributed by atoms with Crippen molar-refractivity contribution in [2.24, 2.45) is 0 Å². The lowest BCUT2D eigenvalue weighted by molar-refractivity contribution is -0.139. The summed E-state index contributed by atoms with van der Waals surface area (Å²) in [4.78, 5) is 0. The van der Waals surface area contributed by atoms with Crippen molar-refractivity contribution >= 4 is 15.9 Å². The molecule has 20 heavy (non-hydrogen) atoms. The summed E-state index contributed by atoms with van der Waals surface area (Å²) < 4.78 is 42.5. The number of ether oxygens (including phenoxy) is 1. The number of hydrogen-bond acceptors (Lipinski definition) is 3. The Morgan fingerprint density at radius 2 is 1.90 bits per heavy atom. The summed E-state index contributed by atoms with van der Waals surface area (Å²) in [5.41, 5.74) is 0. The molecule has 3 nitrogen and oxygen atoms in total. The van der Waals surface area contributed by atoms with Crippen LogP contribution >= 0.6 is 15.9 Å². The molecule has 0 saturated heterocycles. The number of benzene rings is 1. The third-order valence-electron chi connectivity index (χ3n) is 2.50. The Labute approximate surface area is 124 Å². The van der Waals surface area contributed by atoms with Crippen LogP contribution in [0.3, 0.4) is 0 Å². The monoisotopic (exact) mass is 355 g/mol. The van der Waals surface area contributed by atoms with Crippen LogP contribution in [0.15, 0.2) is 28.7 Å². The minimum Gasteiger partial charge on any atom is -0.491 e. The molecule has 0 aliphatic rings. The molecular weight excluding hydrogens is 339 g/mol. The van der Waals surface area contributed by atoms with Gasteiger partial charge in [0.05, 0.1) is 6.42 Å². The van der Waals surface area contributed by atoms with Crippen LogP contribution < -0.4 is 10.1 Å². The summed E-state index contributed by atoms with van der Waals surface area (Å²) in [5, 5.41) is 12.3. The Balaban J connectivity index is 2.23. The van der Waals surface area contributed by atoms with Gasteiger partial charge in [-0.05, 0) is 31.2 Å². The molecule has 0 radical (unpaired) electrons. The van der Waals surface area contributed by atoms with Gasteiger partial charge in [-0.1, -0.05) is 15.9 Å². The van der Waals surface area contributed by atoms with Crippen molar-refractivity contribution in [3.63, 3.8) is 0 Å². The maximum absolute atomic E-state index is 12.1. The zero-order valence-corrected chi connectivity index (χ0v) is 12.5. The highest BCUT2D eigenvalue weighted by atomic mass is 79.9. The van der Waals surface area contributed by atoms with Gasteiger partial charge in [0.15, 0.2) is 0 Å². The summed E-state index contributed by atoms with van der Waals surface area (Å²) >= 11 is 3.28. The largest absolute Gasteiger partial charge is 0.491 e. The molecule has 1 aromatic carbocycles. The molecule has 0 saturated carbocycles. The van der Waals surface area contributed by atoms with E-state index in [-0.39, 0.29) is 13.2 Å². The average Bonchev–Trinajstić information content (AvgIpc) is 2.33. The lowest BCUT2D eigenvalue weighted by Gasteiger charge is -2.18. The first-order valence-corrected chi connectivity index (χ1v) is 6.92. The predicted octanol–water partition coefficient (Wildman–Crippen LogP) is 3.12. The summed E-state index contributed by atoms with van der Waals surface area (Å²) in [7, 11) is 0. The van der Waals surface area contributed by atoms with E-state index in [1.54, 1.807) is 24.3 Å². The van der Waals surface area contributed by atoms with Crippen molar-refractivity contribution < 1.29 is 23.0 Å². The Bertz CT molecular complexity index is 398. The van der Waals surface area contributed by atoms with Crippen LogP contribution in [0, 0.1) is 0 Å². The SMILES string of the molecule is CC(CC(F)(F)F)NCC(O)COc1ccc(Br)cc1. The molecule has 0 fully saturated rings. The third-order valence-corrected chi connectivity index (χ3v) is 3.02. The van der Waals surface area contributed by atoms with Crippen LogP contribution in [0.5, 0.6) is 5.75 Å². The number of aliphatic hydroxyl groups is 1. The van der Waals surface area contributed by atoms with E-state index >= 15 is 0 Å². The lowest BCUT2D eigenvalue weighted by Crippen LogP contribution is -2.38. The molecule has 114 valence electrons. The molecule has 0 amide bonds. The quantitative estimate of drug-likeness (QED) is 0.789. The van der Waals surface area contributed by atoms with Crippen molar-refractivity contribution in [1.82, 2.24) is 5.32 Å². The summed E-state index contributed by atoms with van der Waals surface area (Å²) in [6.07, 6.45) is -5.99. The fraction of sp³-hybridized carbons (Fsp3) is 0.538. The van der Waals surface area contributed by atoms with E-state index in [2.05, 4.69) is 21.2 Å². The van der Waals surface area contributed by atoms with Crippen molar-refractivity contribution in [2.75, 3.05) is 13.2 Å². The molecule has 2 atom stereocenters. The topological polar surface area (TPSA) is 41.5 Å². The van der Waals surface area contributed by atoms with E-state index in [0.29, 0.717) is 5.75 Å². The minimum atomic E-state index is -4.20. The van der Waals surface area contributed by atoms with Gasteiger partial charge < -0.3 is 15.2 Å². The van der Waals surface area contributed by atoms with E-state index in [1.165, 1.54) is 6.92 Å². The van der Waals surface area contributed by atoms with E-state index in [4.69, 9.17) is 4.74 Å². The minimum absolute atomic E-state index is 0.0212. The van der Waals surface area contributed by atoms with Gasteiger partial charge >= 0.3 is 6.18 Å². The van der Waals surface area contributed by atoms with Crippen LogP contribution in [-0.4, -0.2) is 36.6 Å². The Morgan fingerprint density at radius 1 is 1.30 bits per heavy atom. The highest BCUT2D eigenvalue weighted by Crippen LogP contribution is 2.21. The normalized spacial score (nSPS) is 14.9. The van der Waals surface area contributed by atoms with E-state index < -0.39 is 24.7 Å². The van der Waals surface area contributed by atoms with Crippen LogP contribution in [0.1, 0.15) is 13.3 Å². The molecule has 2 unspecified atom stereocenters. The lowest BCUT2D eigenvalue weighted by atomic mass is 10.2. The number of alkyl halides is 3. The maximum atomic E-state index is 12.1. The molecule has 0 aliphatic heterocycles. The first kappa shape index (κ1) is 17.3. The van der Waals surface area contributed by atoms with Crippen LogP contribution in [0.25, 0.3) is 0 Å². The predicted molar refractivity (Wildman–Crippen MR) is 73.8 cm³/mol. The van der Waals surface area contributed by atoms with Gasteiger partial charge in [-0.15, -0.1) is 0 Å². The number of nitrogens with one attached hydrogen (secondary N) is 1. The molecule has 0 aromatic heterocycles. The zero-order chi connectivity index (χ0) is 15.2. The van der Waals surface area contributed by atoms with Gasteiger partial charge in [0, 0.05) is 17.1 Å². The van der Waals surface area contributed by atoms with Crippen LogP contribution in [0.2, 0.25) is 0 Å². The second kappa shape index (κ2) is 7.85. The van der Waals surface area contributed by atoms with Gasteiger partial charge in [0.25, 0.3) is 0 Å². The van der Waals surface area contributed by atoms with Gasteiger partial charge in [0.1, 0.15) is 18.5 Å². The molecule has 7 heteroatoms. The van der Waals surface area contributed by atoms with Gasteiger partial charge in [-0.25, -0.2) is 0 Å². The van der Waals surface area contributed by atoms with Crippen LogP contribution in [-0.2, 0) is 0 Å². The molecule has 1 aromatic rings. The number of rotatable bonds is 7. The Kier molecular flexibility index (Phi) is 6.78. The summed E-state index contributed by atoms with van der Waals surface area (Å²) in [5.74, 6) is 0.593. The molecule has 0 heterocycles. The maximum Gasteiger partial charge on any atom is 0.390 e. The van der Waals surface area contributed by atoms with Crippen molar-refractivity contribution in [3.8, 4) is 5.75 Å². The second-order valence-corrected chi connectivity index (χ2v) is 5.46. The van der Waals surface area contributed by atoms with Crippen molar-refractivity contribution in [2.45, 2.75) is 31.7 Å². The van der Waals surface area contributed by atoms with E-state index in [9.17, 15) is 18.3 Å². The standard InChI is InChI=1S/C13H17BrF3NO2/c1-9(6-13(15,16)17)18-7-11(19)8-20-12-4-2-10(14)3-5-12/h2-5,9,11,18-19H,6-8H2,1H3. The third kappa shape index (κ3) is 7.72. The molecular formula is C13H17BrF3NO2. The Morgan fingerprint density at radius 3 is 2.45 bits per heavy atom. The fourth-order valence-electron chi connectivity index (χ4n) is 1.54. The second-order valence-electron chi connectivity index (χ2n) is 4.55. The molecule has 1 rings (SSSR count). The molecule has 2 N–H and O–H groups in total. The van der Waals surface area contributed by atoms with Gasteiger partial charge in [-0.3, -0.25) is 0 Å². The Hall–Kier alpha value is -0.790. The van der Waals surface area contributed by atoms with Gasteiger partial charge in [0.2, 0.25) is 0 Å². The first-order valence-electron chi connectivity index (χ1n) is 6.13. The summed E-state index contributed by atoms with van der Waals surface area (Å²) in [6.45, 7) is 1.50. The number of aliphatic hydroxyl groups excluding tert-OH is 1. The van der Waals surface area contributed by atoms with E-state index in [0.717, 1.165) is 4.47 Å². The highest BCUT2D eigenvalue weighted by molar-refractivity contribution is 9.10. The fourth-order valence-corrected chi connectivity index (χ4v) is 1.80. The smallest absolute Gasteiger partial charge is 0.390 e. The van der Waals surface area contributed by atoms with Gasteiger partial charge in [-0.2, -0.15) is 13.2 Å². The molecule has 0 aliphatic carbocycles. The first-order chi connectivity index (χ1) is 9.26. The number of halogens is 4. The molecule has 0 spiro atoms. The van der Waals surface area contributed by atoms with Crippen LogP contribution in [0.4, 0.5) is 13.2 Å². The summed E-state index contributed by atoms with van der Waals surface area (Å²) in [6, 6.07) is 6.32.